The summed E-state index contributed by atoms with van der Waals surface area (Å²) in [6, 6.07) is 7.12. The van der Waals surface area contributed by atoms with E-state index in [4.69, 9.17) is 21.1 Å². The number of ether oxygens (including phenoxy) is 2. The van der Waals surface area contributed by atoms with Gasteiger partial charge in [-0.05, 0) is 38.5 Å². The minimum absolute atomic E-state index is 0.148. The Hall–Kier alpha value is -1.83. The number of piperazine rings is 1. The van der Waals surface area contributed by atoms with Gasteiger partial charge in [-0.2, -0.15) is 0 Å². The van der Waals surface area contributed by atoms with Gasteiger partial charge >= 0.3 is 6.09 Å². The van der Waals surface area contributed by atoms with Gasteiger partial charge in [0.15, 0.2) is 0 Å². The second-order valence-electron chi connectivity index (χ2n) is 9.00. The highest BCUT2D eigenvalue weighted by Crippen LogP contribution is 2.38. The molecule has 2 amide bonds. The standard InChI is InChI=1S/C22H31ClN2O5/c1-21(2,3)30-20(27)25-11-9-24(10-12-25)19(26)18(16-5-4-6-17(23)15-16)22(28)7-13-29-14-8-22/h4-6,15,18,28H,7-14H2,1-3H3. The fourth-order valence-corrected chi connectivity index (χ4v) is 4.20. The van der Waals surface area contributed by atoms with Crippen LogP contribution in [0.3, 0.4) is 0 Å². The Morgan fingerprint density at radius 3 is 2.30 bits per heavy atom. The maximum atomic E-state index is 13.6. The lowest BCUT2D eigenvalue weighted by molar-refractivity contribution is -0.147. The highest BCUT2D eigenvalue weighted by atomic mass is 35.5. The van der Waals surface area contributed by atoms with Gasteiger partial charge in [0, 0.05) is 57.3 Å². The monoisotopic (exact) mass is 438 g/mol. The van der Waals surface area contributed by atoms with Crippen LogP contribution in [0.4, 0.5) is 4.79 Å². The third kappa shape index (κ3) is 5.45. The first-order chi connectivity index (χ1) is 14.1. The topological polar surface area (TPSA) is 79.3 Å². The minimum Gasteiger partial charge on any atom is -0.444 e. The molecule has 2 fully saturated rings. The summed E-state index contributed by atoms with van der Waals surface area (Å²) in [6.07, 6.45) is 0.394. The molecule has 0 aliphatic carbocycles. The van der Waals surface area contributed by atoms with Gasteiger partial charge in [-0.3, -0.25) is 4.79 Å². The van der Waals surface area contributed by atoms with E-state index in [0.29, 0.717) is 62.8 Å². The van der Waals surface area contributed by atoms with Crippen LogP contribution in [0.2, 0.25) is 5.02 Å². The molecule has 1 atom stereocenters. The van der Waals surface area contributed by atoms with Crippen LogP contribution in [-0.2, 0) is 14.3 Å². The van der Waals surface area contributed by atoms with Gasteiger partial charge in [-0.1, -0.05) is 23.7 Å². The van der Waals surface area contributed by atoms with Gasteiger partial charge in [-0.25, -0.2) is 4.79 Å². The zero-order valence-corrected chi connectivity index (χ0v) is 18.7. The molecule has 2 aliphatic heterocycles. The van der Waals surface area contributed by atoms with Crippen molar-refractivity contribution in [3.63, 3.8) is 0 Å². The van der Waals surface area contributed by atoms with Gasteiger partial charge < -0.3 is 24.4 Å². The Kier molecular flexibility index (Phi) is 6.95. The molecular weight excluding hydrogens is 408 g/mol. The van der Waals surface area contributed by atoms with E-state index in [9.17, 15) is 14.7 Å². The molecular formula is C22H31ClN2O5. The largest absolute Gasteiger partial charge is 0.444 e. The van der Waals surface area contributed by atoms with E-state index < -0.39 is 17.1 Å². The second-order valence-corrected chi connectivity index (χ2v) is 9.43. The molecule has 0 bridgehead atoms. The van der Waals surface area contributed by atoms with Crippen molar-refractivity contribution < 1.29 is 24.2 Å². The van der Waals surface area contributed by atoms with Crippen LogP contribution in [-0.4, -0.2) is 77.5 Å². The highest BCUT2D eigenvalue weighted by Gasteiger charge is 2.45. The third-order valence-corrected chi connectivity index (χ3v) is 5.80. The van der Waals surface area contributed by atoms with Crippen molar-refractivity contribution in [3.05, 3.63) is 34.9 Å². The van der Waals surface area contributed by atoms with Crippen LogP contribution < -0.4 is 0 Å². The van der Waals surface area contributed by atoms with Crippen molar-refractivity contribution >= 4 is 23.6 Å². The van der Waals surface area contributed by atoms with Crippen molar-refractivity contribution in [2.75, 3.05) is 39.4 Å². The summed E-state index contributed by atoms with van der Waals surface area (Å²) in [5.74, 6) is -0.876. The summed E-state index contributed by atoms with van der Waals surface area (Å²) in [7, 11) is 0. The van der Waals surface area contributed by atoms with Crippen molar-refractivity contribution in [2.45, 2.75) is 50.7 Å². The Morgan fingerprint density at radius 2 is 1.73 bits per heavy atom. The SMILES string of the molecule is CC(C)(C)OC(=O)N1CCN(C(=O)C(c2cccc(Cl)c2)C2(O)CCOCC2)CC1. The summed E-state index contributed by atoms with van der Waals surface area (Å²) in [6.45, 7) is 7.87. The Bertz CT molecular complexity index is 765. The van der Waals surface area contributed by atoms with Crippen LogP contribution in [0.5, 0.6) is 0 Å². The normalized spacial score (nSPS) is 20.6. The van der Waals surface area contributed by atoms with E-state index in [-0.39, 0.29) is 12.0 Å². The number of aliphatic hydroxyl groups is 1. The Morgan fingerprint density at radius 1 is 1.13 bits per heavy atom. The number of benzene rings is 1. The molecule has 1 aromatic carbocycles. The predicted octanol–water partition coefficient (Wildman–Crippen LogP) is 3.04. The summed E-state index contributed by atoms with van der Waals surface area (Å²) in [5.41, 5.74) is -1.05. The quantitative estimate of drug-likeness (QED) is 0.784. The number of hydrogen-bond donors (Lipinski definition) is 1. The van der Waals surface area contributed by atoms with Gasteiger partial charge in [0.25, 0.3) is 0 Å². The highest BCUT2D eigenvalue weighted by molar-refractivity contribution is 6.30. The lowest BCUT2D eigenvalue weighted by atomic mass is 9.76. The number of rotatable bonds is 3. The van der Waals surface area contributed by atoms with Crippen LogP contribution in [0.25, 0.3) is 0 Å². The maximum Gasteiger partial charge on any atom is 0.410 e. The number of carbonyl (C=O) groups is 2. The molecule has 0 spiro atoms. The number of nitrogens with zero attached hydrogens (tertiary/aromatic N) is 2. The summed E-state index contributed by atoms with van der Waals surface area (Å²) in [4.78, 5) is 29.2. The van der Waals surface area contributed by atoms with Gasteiger partial charge in [0.1, 0.15) is 5.60 Å². The van der Waals surface area contributed by atoms with Gasteiger partial charge in [-0.15, -0.1) is 0 Å². The maximum absolute atomic E-state index is 13.6. The van der Waals surface area contributed by atoms with Crippen LogP contribution in [0, 0.1) is 0 Å². The first kappa shape index (κ1) is 22.8. The van der Waals surface area contributed by atoms with E-state index in [1.54, 1.807) is 28.0 Å². The summed E-state index contributed by atoms with van der Waals surface area (Å²) >= 11 is 6.18. The number of halogens is 1. The number of amides is 2. The van der Waals surface area contributed by atoms with Crippen LogP contribution in [0.1, 0.15) is 45.1 Å². The zero-order valence-electron chi connectivity index (χ0n) is 17.9. The molecule has 1 N–H and O–H groups in total. The van der Waals surface area contributed by atoms with E-state index in [2.05, 4.69) is 0 Å². The fourth-order valence-electron chi connectivity index (χ4n) is 4.00. The Labute approximate surface area is 182 Å². The van der Waals surface area contributed by atoms with Crippen molar-refractivity contribution in [3.8, 4) is 0 Å². The molecule has 8 heteroatoms. The van der Waals surface area contributed by atoms with Crippen molar-refractivity contribution in [2.24, 2.45) is 0 Å². The molecule has 166 valence electrons. The Balaban J connectivity index is 1.75. The molecule has 2 aliphatic rings. The molecule has 0 saturated carbocycles. The predicted molar refractivity (Wildman–Crippen MR) is 114 cm³/mol. The lowest BCUT2D eigenvalue weighted by Gasteiger charge is -2.42. The molecule has 7 nitrogen and oxygen atoms in total. The number of hydrogen-bond acceptors (Lipinski definition) is 5. The summed E-state index contributed by atoms with van der Waals surface area (Å²) in [5, 5.41) is 11.9. The first-order valence-corrected chi connectivity index (χ1v) is 10.8. The van der Waals surface area contributed by atoms with Crippen LogP contribution in [0.15, 0.2) is 24.3 Å². The van der Waals surface area contributed by atoms with Gasteiger partial charge in [0.05, 0.1) is 11.5 Å². The first-order valence-electron chi connectivity index (χ1n) is 10.4. The second kappa shape index (κ2) is 9.12. The van der Waals surface area contributed by atoms with E-state index in [1.165, 1.54) is 0 Å². The average Bonchev–Trinajstić information content (AvgIpc) is 2.67. The summed E-state index contributed by atoms with van der Waals surface area (Å²) < 4.78 is 10.8. The smallest absolute Gasteiger partial charge is 0.410 e. The molecule has 2 saturated heterocycles. The van der Waals surface area contributed by atoms with E-state index in [0.717, 1.165) is 0 Å². The van der Waals surface area contributed by atoms with Gasteiger partial charge in [0.2, 0.25) is 5.91 Å². The molecule has 0 aromatic heterocycles. The van der Waals surface area contributed by atoms with Crippen LogP contribution >= 0.6 is 11.6 Å². The zero-order chi connectivity index (χ0) is 21.9. The lowest BCUT2D eigenvalue weighted by Crippen LogP contribution is -2.55. The molecule has 1 aromatic rings. The van der Waals surface area contributed by atoms with E-state index >= 15 is 0 Å². The van der Waals surface area contributed by atoms with Crippen molar-refractivity contribution in [1.29, 1.82) is 0 Å². The molecule has 2 heterocycles. The third-order valence-electron chi connectivity index (χ3n) is 5.57. The van der Waals surface area contributed by atoms with E-state index in [1.807, 2.05) is 26.8 Å². The molecule has 0 radical (unpaired) electrons. The minimum atomic E-state index is -1.19. The molecule has 30 heavy (non-hydrogen) atoms. The fraction of sp³-hybridized carbons (Fsp3) is 0.636. The molecule has 1 unspecified atom stereocenters. The average molecular weight is 439 g/mol. The van der Waals surface area contributed by atoms with Crippen molar-refractivity contribution in [1.82, 2.24) is 9.80 Å². The molecule has 3 rings (SSSR count). The number of carbonyl (C=O) groups excluding carboxylic acids is 2.